The average Bonchev–Trinajstić information content (AvgIpc) is 3.25. The monoisotopic (exact) mass is 764 g/mol. The second-order valence-electron chi connectivity index (χ2n) is 8.54. The summed E-state index contributed by atoms with van der Waals surface area (Å²) in [6.45, 7) is 1.93. The zero-order valence-electron chi connectivity index (χ0n) is 20.9. The van der Waals surface area contributed by atoms with Crippen molar-refractivity contribution >= 4 is 74.3 Å². The van der Waals surface area contributed by atoms with E-state index >= 15 is 0 Å². The van der Waals surface area contributed by atoms with Gasteiger partial charge in [-0.1, -0.05) is 53.8 Å². The van der Waals surface area contributed by atoms with Crippen LogP contribution in [0.3, 0.4) is 0 Å². The van der Waals surface area contributed by atoms with Crippen LogP contribution in [0, 0.1) is 7.14 Å². The second-order valence-corrected chi connectivity index (χ2v) is 11.9. The van der Waals surface area contributed by atoms with Gasteiger partial charge in [0, 0.05) is 5.56 Å². The number of carbonyl (C=O) groups is 1. The van der Waals surface area contributed by atoms with Crippen molar-refractivity contribution in [1.29, 1.82) is 0 Å². The lowest BCUT2D eigenvalue weighted by molar-refractivity contribution is -0.138. The predicted octanol–water partition coefficient (Wildman–Crippen LogP) is 4.86. The first-order valence-corrected chi connectivity index (χ1v) is 14.9. The zero-order chi connectivity index (χ0) is 27.7. The standard InChI is InChI=1S/C29H22I2N2O5S/c1-3-38-28(36)23-24(17-7-5-4-6-8-17)32-29-33(25(23)18-9-11-19(37-2)12-10-18)27(35)22(39-29)15-16-13-20(30)26(34)21(31)14-16/h4-15,25,34H,3H2,1-2H3/b22-15-/t25-/m1/s1. The van der Waals surface area contributed by atoms with E-state index in [1.165, 1.54) is 11.3 Å². The van der Waals surface area contributed by atoms with Gasteiger partial charge >= 0.3 is 5.97 Å². The van der Waals surface area contributed by atoms with Crippen molar-refractivity contribution < 1.29 is 19.4 Å². The molecule has 0 unspecified atom stereocenters. The van der Waals surface area contributed by atoms with Gasteiger partial charge in [0.25, 0.3) is 5.56 Å². The molecule has 1 N–H and O–H groups in total. The van der Waals surface area contributed by atoms with Crippen LogP contribution in [-0.4, -0.2) is 29.4 Å². The molecule has 1 aliphatic heterocycles. The van der Waals surface area contributed by atoms with Crippen molar-refractivity contribution in [2.45, 2.75) is 13.0 Å². The number of hydrogen-bond donors (Lipinski definition) is 1. The van der Waals surface area contributed by atoms with Crippen LogP contribution >= 0.6 is 56.5 Å². The third-order valence-corrected chi connectivity index (χ3v) is 8.77. The molecule has 7 nitrogen and oxygen atoms in total. The maximum atomic E-state index is 14.0. The van der Waals surface area contributed by atoms with Crippen molar-refractivity contribution in [3.63, 3.8) is 0 Å². The molecule has 0 amide bonds. The summed E-state index contributed by atoms with van der Waals surface area (Å²) < 4.78 is 14.2. The van der Waals surface area contributed by atoms with Crippen LogP contribution in [0.4, 0.5) is 0 Å². The molecule has 198 valence electrons. The van der Waals surface area contributed by atoms with Crippen molar-refractivity contribution in [2.75, 3.05) is 13.7 Å². The molecule has 0 saturated carbocycles. The molecule has 0 spiro atoms. The van der Waals surface area contributed by atoms with Gasteiger partial charge in [-0.2, -0.15) is 0 Å². The van der Waals surface area contributed by atoms with Gasteiger partial charge in [0.1, 0.15) is 11.5 Å². The number of phenolic OH excluding ortho intramolecular Hbond substituents is 1. The summed E-state index contributed by atoms with van der Waals surface area (Å²) in [4.78, 5) is 32.8. The number of halogens is 2. The van der Waals surface area contributed by atoms with Gasteiger partial charge in [-0.15, -0.1) is 0 Å². The van der Waals surface area contributed by atoms with E-state index in [2.05, 4.69) is 45.2 Å². The lowest BCUT2D eigenvalue weighted by Gasteiger charge is -2.26. The zero-order valence-corrected chi connectivity index (χ0v) is 26.0. The summed E-state index contributed by atoms with van der Waals surface area (Å²) in [6.07, 6.45) is 1.79. The van der Waals surface area contributed by atoms with Crippen molar-refractivity contribution in [3.8, 4) is 11.5 Å². The number of thiazole rings is 1. The van der Waals surface area contributed by atoms with Crippen LogP contribution in [0.5, 0.6) is 11.5 Å². The van der Waals surface area contributed by atoms with Crippen LogP contribution < -0.4 is 19.6 Å². The minimum absolute atomic E-state index is 0.183. The van der Waals surface area contributed by atoms with Gasteiger partial charge in [0.05, 0.1) is 42.7 Å². The topological polar surface area (TPSA) is 90.1 Å². The normalized spacial score (nSPS) is 15.1. The van der Waals surface area contributed by atoms with E-state index in [1.54, 1.807) is 36.8 Å². The highest BCUT2D eigenvalue weighted by molar-refractivity contribution is 14.1. The summed E-state index contributed by atoms with van der Waals surface area (Å²) in [5.41, 5.74) is 2.74. The predicted molar refractivity (Wildman–Crippen MR) is 168 cm³/mol. The Labute approximate surface area is 255 Å². The highest BCUT2D eigenvalue weighted by Gasteiger charge is 2.35. The molecule has 39 heavy (non-hydrogen) atoms. The number of methoxy groups -OCH3 is 1. The summed E-state index contributed by atoms with van der Waals surface area (Å²) in [5, 5.41) is 10.2. The molecule has 0 radical (unpaired) electrons. The first-order chi connectivity index (χ1) is 18.8. The Kier molecular flexibility index (Phi) is 8.24. The lowest BCUT2D eigenvalue weighted by atomic mass is 9.93. The Balaban J connectivity index is 1.82. The SMILES string of the molecule is CCOC(=O)C1=C(c2ccccc2)N=c2s/c(=C\c3cc(I)c(O)c(I)c3)c(=O)n2[C@@H]1c1ccc(OC)cc1. The first kappa shape index (κ1) is 27.6. The van der Waals surface area contributed by atoms with Crippen LogP contribution in [0.25, 0.3) is 11.8 Å². The lowest BCUT2D eigenvalue weighted by Crippen LogP contribution is -2.40. The van der Waals surface area contributed by atoms with Crippen LogP contribution in [-0.2, 0) is 9.53 Å². The Bertz CT molecular complexity index is 1750. The summed E-state index contributed by atoms with van der Waals surface area (Å²) >= 11 is 5.39. The maximum Gasteiger partial charge on any atom is 0.338 e. The van der Waals surface area contributed by atoms with Gasteiger partial charge in [0.15, 0.2) is 4.80 Å². The molecular weight excluding hydrogens is 742 g/mol. The van der Waals surface area contributed by atoms with E-state index in [1.807, 2.05) is 54.6 Å². The first-order valence-electron chi connectivity index (χ1n) is 11.9. The number of aromatic hydroxyl groups is 1. The Morgan fingerprint density at radius 2 is 1.77 bits per heavy atom. The number of esters is 1. The van der Waals surface area contributed by atoms with Crippen LogP contribution in [0.1, 0.15) is 29.7 Å². The molecule has 0 aliphatic carbocycles. The van der Waals surface area contributed by atoms with Gasteiger partial charge in [-0.05, 0) is 93.6 Å². The van der Waals surface area contributed by atoms with Crippen molar-refractivity contribution in [3.05, 3.63) is 116 Å². The molecule has 0 fully saturated rings. The number of fused-ring (bicyclic) bond motifs is 1. The fraction of sp³-hybridized carbons (Fsp3) is 0.138. The molecule has 0 bridgehead atoms. The van der Waals surface area contributed by atoms with Crippen molar-refractivity contribution in [1.82, 2.24) is 4.57 Å². The van der Waals surface area contributed by atoms with Gasteiger partial charge in [-0.3, -0.25) is 9.36 Å². The maximum absolute atomic E-state index is 14.0. The summed E-state index contributed by atoms with van der Waals surface area (Å²) in [6, 6.07) is 19.6. The number of nitrogens with zero attached hydrogens (tertiary/aromatic N) is 2. The highest BCUT2D eigenvalue weighted by atomic mass is 127. The third-order valence-electron chi connectivity index (χ3n) is 6.14. The summed E-state index contributed by atoms with van der Waals surface area (Å²) in [5.74, 6) is 0.339. The minimum atomic E-state index is -0.761. The van der Waals surface area contributed by atoms with Crippen LogP contribution in [0.2, 0.25) is 0 Å². The van der Waals surface area contributed by atoms with E-state index in [0.29, 0.717) is 33.5 Å². The fourth-order valence-corrected chi connectivity index (χ4v) is 7.18. The highest BCUT2D eigenvalue weighted by Crippen LogP contribution is 2.35. The van der Waals surface area contributed by atoms with E-state index in [4.69, 9.17) is 14.5 Å². The molecule has 1 aromatic heterocycles. The summed E-state index contributed by atoms with van der Waals surface area (Å²) in [7, 11) is 1.58. The Morgan fingerprint density at radius 1 is 1.10 bits per heavy atom. The van der Waals surface area contributed by atoms with Gasteiger partial charge < -0.3 is 14.6 Å². The van der Waals surface area contributed by atoms with E-state index in [-0.39, 0.29) is 17.9 Å². The Morgan fingerprint density at radius 3 is 2.38 bits per heavy atom. The van der Waals surface area contributed by atoms with E-state index < -0.39 is 12.0 Å². The number of phenols is 1. The number of ether oxygens (including phenoxy) is 2. The molecule has 1 aliphatic rings. The van der Waals surface area contributed by atoms with E-state index in [0.717, 1.165) is 16.7 Å². The molecule has 1 atom stereocenters. The van der Waals surface area contributed by atoms with Gasteiger partial charge in [0.2, 0.25) is 0 Å². The molecule has 2 heterocycles. The van der Waals surface area contributed by atoms with Crippen LogP contribution in [0.15, 0.2) is 82.1 Å². The Hall–Kier alpha value is -2.97. The number of carbonyl (C=O) groups excluding carboxylic acids is 1. The molecule has 10 heteroatoms. The van der Waals surface area contributed by atoms with Crippen molar-refractivity contribution in [2.24, 2.45) is 4.99 Å². The quantitative estimate of drug-likeness (QED) is 0.224. The fourth-order valence-electron chi connectivity index (χ4n) is 4.36. The number of rotatable bonds is 6. The number of aromatic nitrogens is 1. The van der Waals surface area contributed by atoms with E-state index in [9.17, 15) is 14.7 Å². The largest absolute Gasteiger partial charge is 0.506 e. The minimum Gasteiger partial charge on any atom is -0.506 e. The second kappa shape index (κ2) is 11.6. The average molecular weight is 764 g/mol. The third kappa shape index (κ3) is 5.41. The number of hydrogen-bond acceptors (Lipinski definition) is 7. The molecule has 4 aromatic rings. The molecule has 3 aromatic carbocycles. The molecule has 0 saturated heterocycles. The molecular formula is C29H22I2N2O5S. The number of benzene rings is 3. The molecule has 5 rings (SSSR count). The van der Waals surface area contributed by atoms with Gasteiger partial charge in [-0.25, -0.2) is 9.79 Å². The smallest absolute Gasteiger partial charge is 0.338 e.